The van der Waals surface area contributed by atoms with Crippen LogP contribution in [0.15, 0.2) is 23.5 Å². The molecule has 1 heterocycles. The Hall–Kier alpha value is -1.38. The number of rotatable bonds is 1. The van der Waals surface area contributed by atoms with Crippen LogP contribution < -0.4 is 0 Å². The molecule has 0 N–H and O–H groups in total. The standard InChI is InChI=1S/C8H8O3/c1-5-3-7(4-6(2)9)11-8(5)10/h3-4H,1-2H3/b7-4+. The van der Waals surface area contributed by atoms with Gasteiger partial charge in [0.25, 0.3) is 0 Å². The quantitative estimate of drug-likeness (QED) is 0.415. The molecular formula is C8H8O3. The summed E-state index contributed by atoms with van der Waals surface area (Å²) in [5.41, 5.74) is 0.525. The molecule has 3 nitrogen and oxygen atoms in total. The van der Waals surface area contributed by atoms with Gasteiger partial charge >= 0.3 is 5.97 Å². The first kappa shape index (κ1) is 7.72. The van der Waals surface area contributed by atoms with Gasteiger partial charge in [-0.3, -0.25) is 4.79 Å². The van der Waals surface area contributed by atoms with Crippen molar-refractivity contribution in [2.45, 2.75) is 13.8 Å². The Labute approximate surface area is 64.3 Å². The van der Waals surface area contributed by atoms with Gasteiger partial charge in [0.15, 0.2) is 5.78 Å². The van der Waals surface area contributed by atoms with Crippen molar-refractivity contribution in [1.82, 2.24) is 0 Å². The number of cyclic esters (lactones) is 1. The fourth-order valence-corrected chi connectivity index (χ4v) is 0.761. The van der Waals surface area contributed by atoms with E-state index in [1.54, 1.807) is 13.0 Å². The predicted octanol–water partition coefficient (Wildman–Crippen LogP) is 0.962. The fraction of sp³-hybridized carbons (Fsp3) is 0.250. The number of ketones is 1. The molecule has 58 valence electrons. The maximum atomic E-state index is 10.7. The van der Waals surface area contributed by atoms with Crippen molar-refractivity contribution in [3.63, 3.8) is 0 Å². The van der Waals surface area contributed by atoms with E-state index in [0.29, 0.717) is 11.3 Å². The zero-order valence-corrected chi connectivity index (χ0v) is 6.38. The number of esters is 1. The normalized spacial score (nSPS) is 20.0. The van der Waals surface area contributed by atoms with Gasteiger partial charge in [0.1, 0.15) is 5.76 Å². The van der Waals surface area contributed by atoms with E-state index in [1.165, 1.54) is 13.0 Å². The van der Waals surface area contributed by atoms with Crippen molar-refractivity contribution >= 4 is 11.8 Å². The summed E-state index contributed by atoms with van der Waals surface area (Å²) >= 11 is 0. The molecule has 11 heavy (non-hydrogen) atoms. The van der Waals surface area contributed by atoms with Gasteiger partial charge in [-0.05, 0) is 19.9 Å². The lowest BCUT2D eigenvalue weighted by Gasteiger charge is -1.91. The van der Waals surface area contributed by atoms with E-state index in [-0.39, 0.29) is 11.8 Å². The summed E-state index contributed by atoms with van der Waals surface area (Å²) in [6.07, 6.45) is 2.83. The Morgan fingerprint density at radius 3 is 2.64 bits per heavy atom. The molecule has 3 heteroatoms. The lowest BCUT2D eigenvalue weighted by molar-refractivity contribution is -0.133. The topological polar surface area (TPSA) is 43.4 Å². The number of carbonyl (C=O) groups excluding carboxylic acids is 2. The Morgan fingerprint density at radius 2 is 2.27 bits per heavy atom. The second-order valence-corrected chi connectivity index (χ2v) is 2.37. The van der Waals surface area contributed by atoms with Crippen LogP contribution in [0.25, 0.3) is 0 Å². The third-order valence-corrected chi connectivity index (χ3v) is 1.24. The van der Waals surface area contributed by atoms with Crippen molar-refractivity contribution in [2.24, 2.45) is 0 Å². The molecule has 0 aliphatic carbocycles. The highest BCUT2D eigenvalue weighted by molar-refractivity contribution is 5.95. The minimum Gasteiger partial charge on any atom is -0.423 e. The lowest BCUT2D eigenvalue weighted by atomic mass is 10.3. The summed E-state index contributed by atoms with van der Waals surface area (Å²) < 4.78 is 4.69. The molecule has 1 rings (SSSR count). The lowest BCUT2D eigenvalue weighted by Crippen LogP contribution is -1.95. The van der Waals surface area contributed by atoms with Crippen LogP contribution in [0.2, 0.25) is 0 Å². The third-order valence-electron chi connectivity index (χ3n) is 1.24. The van der Waals surface area contributed by atoms with Crippen LogP contribution in [-0.4, -0.2) is 11.8 Å². The summed E-state index contributed by atoms with van der Waals surface area (Å²) in [4.78, 5) is 21.2. The van der Waals surface area contributed by atoms with Gasteiger partial charge in [-0.2, -0.15) is 0 Å². The summed E-state index contributed by atoms with van der Waals surface area (Å²) in [5.74, 6) is -0.170. The molecule has 0 fully saturated rings. The SMILES string of the molecule is CC(=O)/C=C1\C=C(C)C(=O)O1. The number of ether oxygens (including phenoxy) is 1. The number of hydrogen-bond donors (Lipinski definition) is 0. The number of hydrogen-bond acceptors (Lipinski definition) is 3. The van der Waals surface area contributed by atoms with E-state index in [0.717, 1.165) is 0 Å². The van der Waals surface area contributed by atoms with Crippen LogP contribution in [0.3, 0.4) is 0 Å². The molecule has 0 unspecified atom stereocenters. The first-order chi connectivity index (χ1) is 5.09. The summed E-state index contributed by atoms with van der Waals surface area (Å²) in [5, 5.41) is 0. The molecular weight excluding hydrogens is 144 g/mol. The highest BCUT2D eigenvalue weighted by Gasteiger charge is 2.16. The van der Waals surface area contributed by atoms with Gasteiger partial charge in [-0.25, -0.2) is 4.79 Å². The summed E-state index contributed by atoms with van der Waals surface area (Å²) in [7, 11) is 0. The zero-order chi connectivity index (χ0) is 8.43. The Kier molecular flexibility index (Phi) is 1.89. The molecule has 0 aromatic rings. The predicted molar refractivity (Wildman–Crippen MR) is 38.6 cm³/mol. The van der Waals surface area contributed by atoms with Crippen LogP contribution in [0.5, 0.6) is 0 Å². The van der Waals surface area contributed by atoms with Gasteiger partial charge in [0.05, 0.1) is 0 Å². The monoisotopic (exact) mass is 152 g/mol. The van der Waals surface area contributed by atoms with Gasteiger partial charge in [0, 0.05) is 11.6 Å². The van der Waals surface area contributed by atoms with E-state index in [4.69, 9.17) is 4.74 Å². The second-order valence-electron chi connectivity index (χ2n) is 2.37. The van der Waals surface area contributed by atoms with Crippen molar-refractivity contribution in [1.29, 1.82) is 0 Å². The van der Waals surface area contributed by atoms with Gasteiger partial charge in [-0.15, -0.1) is 0 Å². The Morgan fingerprint density at radius 1 is 1.64 bits per heavy atom. The van der Waals surface area contributed by atoms with Crippen LogP contribution in [0.1, 0.15) is 13.8 Å². The average molecular weight is 152 g/mol. The number of allylic oxidation sites excluding steroid dienone is 2. The van der Waals surface area contributed by atoms with Crippen LogP contribution in [0, 0.1) is 0 Å². The van der Waals surface area contributed by atoms with Crippen molar-refractivity contribution in [3.8, 4) is 0 Å². The fourth-order valence-electron chi connectivity index (χ4n) is 0.761. The first-order valence-electron chi connectivity index (χ1n) is 3.22. The zero-order valence-electron chi connectivity index (χ0n) is 6.38. The molecule has 0 spiro atoms. The van der Waals surface area contributed by atoms with Crippen molar-refractivity contribution in [2.75, 3.05) is 0 Å². The third kappa shape index (κ3) is 1.77. The highest BCUT2D eigenvalue weighted by atomic mass is 16.5. The van der Waals surface area contributed by atoms with E-state index in [1.807, 2.05) is 0 Å². The molecule has 1 aliphatic rings. The average Bonchev–Trinajstić information content (AvgIpc) is 2.10. The minimum atomic E-state index is -0.377. The van der Waals surface area contributed by atoms with E-state index in [2.05, 4.69) is 0 Å². The summed E-state index contributed by atoms with van der Waals surface area (Å²) in [6.45, 7) is 3.05. The minimum absolute atomic E-state index is 0.126. The maximum Gasteiger partial charge on any atom is 0.339 e. The Bertz CT molecular complexity index is 271. The van der Waals surface area contributed by atoms with Gasteiger partial charge in [-0.1, -0.05) is 0 Å². The first-order valence-corrected chi connectivity index (χ1v) is 3.22. The Balaban J connectivity index is 2.83. The van der Waals surface area contributed by atoms with Crippen LogP contribution in [-0.2, 0) is 14.3 Å². The molecule has 0 aromatic carbocycles. The summed E-state index contributed by atoms with van der Waals surface area (Å²) in [6, 6.07) is 0. The van der Waals surface area contributed by atoms with Gasteiger partial charge < -0.3 is 4.74 Å². The van der Waals surface area contributed by atoms with Crippen molar-refractivity contribution in [3.05, 3.63) is 23.5 Å². The van der Waals surface area contributed by atoms with Crippen LogP contribution >= 0.6 is 0 Å². The van der Waals surface area contributed by atoms with E-state index in [9.17, 15) is 9.59 Å². The van der Waals surface area contributed by atoms with Gasteiger partial charge in [0.2, 0.25) is 0 Å². The molecule has 0 atom stereocenters. The highest BCUT2D eigenvalue weighted by Crippen LogP contribution is 2.15. The maximum absolute atomic E-state index is 10.7. The van der Waals surface area contributed by atoms with Crippen LogP contribution in [0.4, 0.5) is 0 Å². The molecule has 0 saturated heterocycles. The van der Waals surface area contributed by atoms with E-state index < -0.39 is 0 Å². The van der Waals surface area contributed by atoms with E-state index >= 15 is 0 Å². The smallest absolute Gasteiger partial charge is 0.339 e. The largest absolute Gasteiger partial charge is 0.423 e. The second kappa shape index (κ2) is 2.70. The molecule has 1 aliphatic heterocycles. The number of carbonyl (C=O) groups is 2. The molecule has 0 bridgehead atoms. The molecule has 0 radical (unpaired) electrons. The molecule has 0 saturated carbocycles. The molecule has 0 aromatic heterocycles. The van der Waals surface area contributed by atoms with Crippen molar-refractivity contribution < 1.29 is 14.3 Å². The molecule has 0 amide bonds.